The van der Waals surface area contributed by atoms with Crippen LogP contribution in [-0.4, -0.2) is 22.1 Å². The lowest BCUT2D eigenvalue weighted by Gasteiger charge is -2.09. The Balaban J connectivity index is 2.10. The van der Waals surface area contributed by atoms with Crippen molar-refractivity contribution in [1.82, 2.24) is 4.98 Å². The fourth-order valence-electron chi connectivity index (χ4n) is 1.51. The fourth-order valence-corrected chi connectivity index (χ4v) is 2.06. The van der Waals surface area contributed by atoms with Gasteiger partial charge in [0, 0.05) is 9.26 Å². The van der Waals surface area contributed by atoms with E-state index < -0.39 is 12.1 Å². The molecule has 2 atom stereocenters. The Hall–Kier alpha value is -1.45. The molecular weight excluding hydrogens is 373 g/mol. The first-order valence-electron chi connectivity index (χ1n) is 5.93. The molecule has 0 aliphatic rings. The van der Waals surface area contributed by atoms with Crippen molar-refractivity contribution in [3.8, 4) is 0 Å². The Morgan fingerprint density at radius 1 is 1.55 bits per heavy atom. The van der Waals surface area contributed by atoms with Gasteiger partial charge in [-0.05, 0) is 47.7 Å². The van der Waals surface area contributed by atoms with Crippen LogP contribution in [0, 0.1) is 3.57 Å². The molecule has 0 aliphatic carbocycles. The van der Waals surface area contributed by atoms with Crippen molar-refractivity contribution in [3.05, 3.63) is 45.7 Å². The third-order valence-corrected chi connectivity index (χ3v) is 3.31. The first-order chi connectivity index (χ1) is 9.47. The number of carbonyl (C=O) groups is 1. The van der Waals surface area contributed by atoms with E-state index in [9.17, 15) is 9.90 Å². The molecule has 1 amide bonds. The Morgan fingerprint density at radius 3 is 2.95 bits per heavy atom. The van der Waals surface area contributed by atoms with E-state index in [2.05, 4.69) is 32.9 Å². The Labute approximate surface area is 129 Å². The molecule has 2 aromatic rings. The number of benzene rings is 1. The number of nitrogens with two attached hydrogens (primary N) is 1. The molecule has 0 fully saturated rings. The molecule has 0 saturated carbocycles. The van der Waals surface area contributed by atoms with Crippen LogP contribution in [-0.2, 0) is 0 Å². The number of nitrogens with one attached hydrogen (secondary N) is 1. The van der Waals surface area contributed by atoms with E-state index in [0.717, 1.165) is 3.57 Å². The van der Waals surface area contributed by atoms with Crippen molar-refractivity contribution >= 4 is 34.2 Å². The molecule has 7 heteroatoms. The fraction of sp³-hybridized carbons (Fsp3) is 0.231. The molecule has 6 nitrogen and oxygen atoms in total. The number of aliphatic hydroxyl groups is 1. The van der Waals surface area contributed by atoms with Gasteiger partial charge in [-0.15, -0.1) is 0 Å². The number of aliphatic hydroxyl groups excluding tert-OH is 1. The van der Waals surface area contributed by atoms with Crippen LogP contribution in [0.5, 0.6) is 0 Å². The minimum absolute atomic E-state index is 0.120. The maximum Gasteiger partial charge on any atom is 0.277 e. The summed E-state index contributed by atoms with van der Waals surface area (Å²) in [5, 5.41) is 12.1. The summed E-state index contributed by atoms with van der Waals surface area (Å²) < 4.78 is 6.12. The number of amides is 1. The van der Waals surface area contributed by atoms with Crippen LogP contribution in [0.25, 0.3) is 0 Å². The summed E-state index contributed by atoms with van der Waals surface area (Å²) in [5.41, 5.74) is 6.48. The minimum atomic E-state index is -0.805. The SMILES string of the molecule is CC(O)C(N)c1nc(C(=O)Nc2cccc(I)c2)co1. The molecule has 0 radical (unpaired) electrons. The normalized spacial score (nSPS) is 13.8. The topological polar surface area (TPSA) is 101 Å². The summed E-state index contributed by atoms with van der Waals surface area (Å²) in [7, 11) is 0. The number of aromatic nitrogens is 1. The smallest absolute Gasteiger partial charge is 0.277 e. The molecule has 0 aliphatic heterocycles. The van der Waals surface area contributed by atoms with Crippen LogP contribution in [0.1, 0.15) is 29.3 Å². The molecular formula is C13H14IN3O3. The van der Waals surface area contributed by atoms with Crippen molar-refractivity contribution in [2.75, 3.05) is 5.32 Å². The van der Waals surface area contributed by atoms with E-state index in [0.29, 0.717) is 5.69 Å². The third-order valence-electron chi connectivity index (χ3n) is 2.64. The van der Waals surface area contributed by atoms with Crippen LogP contribution >= 0.6 is 22.6 Å². The standard InChI is InChI=1S/C13H14IN3O3/c1-7(18)11(15)13-17-10(6-20-13)12(19)16-9-4-2-3-8(14)5-9/h2-7,11,18H,15H2,1H3,(H,16,19). The Kier molecular flexibility index (Phi) is 4.73. The molecule has 1 aromatic heterocycles. The van der Waals surface area contributed by atoms with Gasteiger partial charge in [-0.25, -0.2) is 4.98 Å². The average Bonchev–Trinajstić information content (AvgIpc) is 2.87. The highest BCUT2D eigenvalue weighted by molar-refractivity contribution is 14.1. The number of oxazole rings is 1. The predicted octanol–water partition coefficient (Wildman–Crippen LogP) is 1.91. The zero-order valence-electron chi connectivity index (χ0n) is 10.7. The molecule has 1 aromatic carbocycles. The lowest BCUT2D eigenvalue weighted by molar-refractivity contribution is 0.102. The summed E-state index contributed by atoms with van der Waals surface area (Å²) in [6, 6.07) is 6.62. The molecule has 1 heterocycles. The first-order valence-corrected chi connectivity index (χ1v) is 7.01. The van der Waals surface area contributed by atoms with Gasteiger partial charge in [0.25, 0.3) is 5.91 Å². The second-order valence-corrected chi connectivity index (χ2v) is 5.55. The van der Waals surface area contributed by atoms with E-state index in [1.165, 1.54) is 13.2 Å². The first kappa shape index (κ1) is 14.9. The van der Waals surface area contributed by atoms with Crippen LogP contribution in [0.3, 0.4) is 0 Å². The number of halogens is 1. The molecule has 2 rings (SSSR count). The Morgan fingerprint density at radius 2 is 2.30 bits per heavy atom. The maximum atomic E-state index is 12.0. The van der Waals surface area contributed by atoms with Gasteiger partial charge in [-0.3, -0.25) is 4.79 Å². The van der Waals surface area contributed by atoms with E-state index in [-0.39, 0.29) is 17.5 Å². The van der Waals surface area contributed by atoms with Crippen LogP contribution in [0.2, 0.25) is 0 Å². The van der Waals surface area contributed by atoms with Crippen LogP contribution in [0.15, 0.2) is 34.9 Å². The number of nitrogens with zero attached hydrogens (tertiary/aromatic N) is 1. The number of rotatable bonds is 4. The monoisotopic (exact) mass is 387 g/mol. The van der Waals surface area contributed by atoms with Crippen molar-refractivity contribution < 1.29 is 14.3 Å². The molecule has 2 unspecified atom stereocenters. The molecule has 4 N–H and O–H groups in total. The highest BCUT2D eigenvalue weighted by Crippen LogP contribution is 2.16. The zero-order chi connectivity index (χ0) is 14.7. The van der Waals surface area contributed by atoms with Gasteiger partial charge < -0.3 is 20.6 Å². The van der Waals surface area contributed by atoms with Crippen molar-refractivity contribution in [2.24, 2.45) is 5.73 Å². The summed E-state index contributed by atoms with van der Waals surface area (Å²) in [5.74, 6) is -0.257. The molecule has 106 valence electrons. The average molecular weight is 387 g/mol. The second-order valence-electron chi connectivity index (χ2n) is 4.30. The van der Waals surface area contributed by atoms with Crippen molar-refractivity contribution in [1.29, 1.82) is 0 Å². The quantitative estimate of drug-likeness (QED) is 0.696. The molecule has 0 spiro atoms. The molecule has 0 saturated heterocycles. The lowest BCUT2D eigenvalue weighted by atomic mass is 10.2. The van der Waals surface area contributed by atoms with Crippen molar-refractivity contribution in [3.63, 3.8) is 0 Å². The summed E-state index contributed by atoms with van der Waals surface area (Å²) in [6.45, 7) is 1.53. The minimum Gasteiger partial charge on any atom is -0.446 e. The third kappa shape index (κ3) is 3.56. The number of anilines is 1. The predicted molar refractivity (Wildman–Crippen MR) is 82.2 cm³/mol. The van der Waals surface area contributed by atoms with Gasteiger partial charge in [0.2, 0.25) is 5.89 Å². The lowest BCUT2D eigenvalue weighted by Crippen LogP contribution is -2.23. The highest BCUT2D eigenvalue weighted by atomic mass is 127. The van der Waals surface area contributed by atoms with Crippen molar-refractivity contribution in [2.45, 2.75) is 19.1 Å². The summed E-state index contributed by atoms with van der Waals surface area (Å²) in [6.07, 6.45) is 0.418. The number of hydrogen-bond donors (Lipinski definition) is 3. The van der Waals surface area contributed by atoms with E-state index in [1.807, 2.05) is 18.2 Å². The largest absolute Gasteiger partial charge is 0.446 e. The Bertz CT molecular complexity index is 612. The van der Waals surface area contributed by atoms with Crippen LogP contribution < -0.4 is 11.1 Å². The van der Waals surface area contributed by atoms with E-state index in [1.54, 1.807) is 6.07 Å². The zero-order valence-corrected chi connectivity index (χ0v) is 12.9. The molecule has 0 bridgehead atoms. The maximum absolute atomic E-state index is 12.0. The van der Waals surface area contributed by atoms with Crippen LogP contribution in [0.4, 0.5) is 5.69 Å². The second kappa shape index (κ2) is 6.33. The van der Waals surface area contributed by atoms with Gasteiger partial charge in [0.05, 0.1) is 6.10 Å². The van der Waals surface area contributed by atoms with E-state index >= 15 is 0 Å². The number of carbonyl (C=O) groups excluding carboxylic acids is 1. The van der Waals surface area contributed by atoms with Gasteiger partial charge in [-0.2, -0.15) is 0 Å². The molecule has 20 heavy (non-hydrogen) atoms. The number of hydrogen-bond acceptors (Lipinski definition) is 5. The van der Waals surface area contributed by atoms with Gasteiger partial charge >= 0.3 is 0 Å². The summed E-state index contributed by atoms with van der Waals surface area (Å²) in [4.78, 5) is 16.0. The summed E-state index contributed by atoms with van der Waals surface area (Å²) >= 11 is 2.16. The van der Waals surface area contributed by atoms with Gasteiger partial charge in [0.1, 0.15) is 12.3 Å². The van der Waals surface area contributed by atoms with E-state index in [4.69, 9.17) is 10.2 Å². The van der Waals surface area contributed by atoms with Gasteiger partial charge in [0.15, 0.2) is 5.69 Å². The van der Waals surface area contributed by atoms with Gasteiger partial charge in [-0.1, -0.05) is 6.07 Å². The highest BCUT2D eigenvalue weighted by Gasteiger charge is 2.20.